The predicted octanol–water partition coefficient (Wildman–Crippen LogP) is 1.57. The SMILES string of the molecule is O=C/C(=C(\Cl)C(=O)O)C(Cl)Cl. The van der Waals surface area contributed by atoms with Gasteiger partial charge in [-0.25, -0.2) is 4.79 Å². The van der Waals surface area contributed by atoms with E-state index in [1.54, 1.807) is 0 Å². The van der Waals surface area contributed by atoms with Crippen LogP contribution in [0.4, 0.5) is 0 Å². The molecule has 0 amide bonds. The predicted molar refractivity (Wildman–Crippen MR) is 42.1 cm³/mol. The van der Waals surface area contributed by atoms with Gasteiger partial charge >= 0.3 is 5.97 Å². The molecule has 62 valence electrons. The summed E-state index contributed by atoms with van der Waals surface area (Å²) in [6.07, 6.45) is 0.209. The van der Waals surface area contributed by atoms with Gasteiger partial charge in [0.15, 0.2) is 6.29 Å². The summed E-state index contributed by atoms with van der Waals surface area (Å²) in [7, 11) is 0. The third-order valence-corrected chi connectivity index (χ3v) is 1.65. The molecule has 0 bridgehead atoms. The van der Waals surface area contributed by atoms with Crippen LogP contribution >= 0.6 is 34.8 Å². The number of halogens is 3. The van der Waals surface area contributed by atoms with Crippen LogP contribution in [-0.4, -0.2) is 22.2 Å². The number of hydrogen-bond acceptors (Lipinski definition) is 2. The van der Waals surface area contributed by atoms with Crippen molar-refractivity contribution in [2.45, 2.75) is 4.84 Å². The Morgan fingerprint density at radius 3 is 2.00 bits per heavy atom. The molecule has 0 saturated heterocycles. The Morgan fingerprint density at radius 2 is 1.91 bits per heavy atom. The van der Waals surface area contributed by atoms with Gasteiger partial charge in [-0.2, -0.15) is 0 Å². The van der Waals surface area contributed by atoms with Gasteiger partial charge in [0.1, 0.15) is 9.87 Å². The Morgan fingerprint density at radius 1 is 1.45 bits per heavy atom. The summed E-state index contributed by atoms with van der Waals surface area (Å²) in [5.41, 5.74) is -0.345. The van der Waals surface area contributed by atoms with Crippen LogP contribution in [0.5, 0.6) is 0 Å². The summed E-state index contributed by atoms with van der Waals surface area (Å²) in [5.74, 6) is -1.43. The molecule has 1 N–H and O–H groups in total. The fraction of sp³-hybridized carbons (Fsp3) is 0.200. The van der Waals surface area contributed by atoms with Crippen LogP contribution < -0.4 is 0 Å². The van der Waals surface area contributed by atoms with E-state index in [1.807, 2.05) is 0 Å². The Labute approximate surface area is 77.5 Å². The maximum Gasteiger partial charge on any atom is 0.347 e. The van der Waals surface area contributed by atoms with Crippen molar-refractivity contribution in [2.75, 3.05) is 0 Å². The van der Waals surface area contributed by atoms with Gasteiger partial charge in [-0.15, -0.1) is 0 Å². The van der Waals surface area contributed by atoms with Crippen LogP contribution in [0.3, 0.4) is 0 Å². The standard InChI is InChI=1S/C5H3Cl3O3/c6-3(5(10)11)2(1-9)4(7)8/h1,4H,(H,10,11)/b3-2+. The van der Waals surface area contributed by atoms with Gasteiger partial charge in [0.25, 0.3) is 0 Å². The highest BCUT2D eigenvalue weighted by Gasteiger charge is 2.16. The molecule has 3 nitrogen and oxygen atoms in total. The number of carboxylic acid groups (broad SMARTS) is 1. The van der Waals surface area contributed by atoms with Gasteiger partial charge in [-0.1, -0.05) is 34.8 Å². The molecule has 0 atom stereocenters. The number of aliphatic carboxylic acids is 1. The molecular formula is C5H3Cl3O3. The molecule has 0 aromatic rings. The number of carbonyl (C=O) groups is 2. The van der Waals surface area contributed by atoms with Gasteiger partial charge in [-0.05, 0) is 0 Å². The zero-order valence-corrected chi connectivity index (χ0v) is 7.32. The molecule has 0 spiro atoms. The molecule has 0 unspecified atom stereocenters. The molecule has 0 aliphatic heterocycles. The lowest BCUT2D eigenvalue weighted by atomic mass is 10.3. The highest BCUT2D eigenvalue weighted by Crippen LogP contribution is 2.18. The zero-order chi connectivity index (χ0) is 9.02. The number of hydrogen-bond donors (Lipinski definition) is 1. The first-order valence-electron chi connectivity index (χ1n) is 2.37. The monoisotopic (exact) mass is 216 g/mol. The lowest BCUT2D eigenvalue weighted by Crippen LogP contribution is -2.05. The average Bonchev–Trinajstić information content (AvgIpc) is 1.88. The summed E-state index contributed by atoms with van der Waals surface area (Å²) < 4.78 is 0. The smallest absolute Gasteiger partial charge is 0.347 e. The second-order valence-electron chi connectivity index (χ2n) is 1.49. The van der Waals surface area contributed by atoms with Crippen molar-refractivity contribution in [3.8, 4) is 0 Å². The van der Waals surface area contributed by atoms with Crippen molar-refractivity contribution in [3.05, 3.63) is 10.6 Å². The summed E-state index contributed by atoms with van der Waals surface area (Å²) in [6, 6.07) is 0. The first-order chi connectivity index (χ1) is 5.00. The van der Waals surface area contributed by atoms with Crippen molar-refractivity contribution in [3.63, 3.8) is 0 Å². The van der Waals surface area contributed by atoms with Gasteiger partial charge in [0.05, 0.1) is 5.57 Å². The minimum absolute atomic E-state index is 0.209. The van der Waals surface area contributed by atoms with E-state index in [2.05, 4.69) is 0 Å². The van der Waals surface area contributed by atoms with Gasteiger partial charge in [-0.3, -0.25) is 4.79 Å². The number of carbonyl (C=O) groups excluding carboxylic acids is 1. The maximum atomic E-state index is 10.1. The highest BCUT2D eigenvalue weighted by atomic mass is 35.5. The molecule has 0 radical (unpaired) electrons. The maximum absolute atomic E-state index is 10.1. The van der Waals surface area contributed by atoms with Gasteiger partial charge in [0, 0.05) is 0 Å². The van der Waals surface area contributed by atoms with Crippen LogP contribution in [0.15, 0.2) is 10.6 Å². The van der Waals surface area contributed by atoms with Gasteiger partial charge < -0.3 is 5.11 Å². The fourth-order valence-corrected chi connectivity index (χ4v) is 0.909. The Bertz CT molecular complexity index is 209. The second kappa shape index (κ2) is 4.59. The lowest BCUT2D eigenvalue weighted by Gasteiger charge is -1.99. The van der Waals surface area contributed by atoms with Crippen molar-refractivity contribution in [2.24, 2.45) is 0 Å². The molecule has 0 aliphatic rings. The average molecular weight is 217 g/mol. The molecule has 0 aliphatic carbocycles. The fourth-order valence-electron chi connectivity index (χ4n) is 0.322. The van der Waals surface area contributed by atoms with Crippen LogP contribution in [0.2, 0.25) is 0 Å². The largest absolute Gasteiger partial charge is 0.477 e. The number of allylic oxidation sites excluding steroid dienone is 1. The van der Waals surface area contributed by atoms with E-state index in [1.165, 1.54) is 0 Å². The summed E-state index contributed by atoms with van der Waals surface area (Å²) in [4.78, 5) is 19.0. The summed E-state index contributed by atoms with van der Waals surface area (Å²) in [5, 5.41) is 7.61. The molecule has 0 rings (SSSR count). The van der Waals surface area contributed by atoms with Crippen LogP contribution in [0.25, 0.3) is 0 Å². The molecular weight excluding hydrogens is 214 g/mol. The molecule has 11 heavy (non-hydrogen) atoms. The van der Waals surface area contributed by atoms with E-state index in [0.29, 0.717) is 0 Å². The Hall–Kier alpha value is -0.250. The number of alkyl halides is 2. The van der Waals surface area contributed by atoms with Crippen LogP contribution in [-0.2, 0) is 9.59 Å². The van der Waals surface area contributed by atoms with Crippen molar-refractivity contribution < 1.29 is 14.7 Å². The van der Waals surface area contributed by atoms with E-state index in [0.717, 1.165) is 0 Å². The molecule has 0 heterocycles. The quantitative estimate of drug-likeness (QED) is 0.443. The van der Waals surface area contributed by atoms with Crippen molar-refractivity contribution in [1.82, 2.24) is 0 Å². The minimum Gasteiger partial charge on any atom is -0.477 e. The van der Waals surface area contributed by atoms with Crippen molar-refractivity contribution >= 4 is 47.1 Å². The minimum atomic E-state index is -1.43. The number of aldehydes is 1. The molecule has 0 saturated carbocycles. The third-order valence-electron chi connectivity index (χ3n) is 0.803. The highest BCUT2D eigenvalue weighted by molar-refractivity contribution is 6.50. The van der Waals surface area contributed by atoms with Gasteiger partial charge in [0.2, 0.25) is 0 Å². The van der Waals surface area contributed by atoms with Crippen LogP contribution in [0, 0.1) is 0 Å². The Kier molecular flexibility index (Phi) is 4.49. The number of rotatable bonds is 3. The lowest BCUT2D eigenvalue weighted by molar-refractivity contribution is -0.132. The van der Waals surface area contributed by atoms with E-state index in [-0.39, 0.29) is 11.9 Å². The third kappa shape index (κ3) is 3.10. The normalized spacial score (nSPS) is 12.7. The summed E-state index contributed by atoms with van der Waals surface area (Å²) >= 11 is 15.6. The second-order valence-corrected chi connectivity index (χ2v) is 2.97. The Balaban J connectivity index is 4.83. The molecule has 0 aromatic carbocycles. The molecule has 0 fully saturated rings. The number of carboxylic acids is 1. The van der Waals surface area contributed by atoms with E-state index in [4.69, 9.17) is 39.9 Å². The molecule has 0 aromatic heterocycles. The van der Waals surface area contributed by atoms with E-state index < -0.39 is 15.8 Å². The first kappa shape index (κ1) is 10.8. The first-order valence-corrected chi connectivity index (χ1v) is 3.62. The van der Waals surface area contributed by atoms with E-state index >= 15 is 0 Å². The summed E-state index contributed by atoms with van der Waals surface area (Å²) in [6.45, 7) is 0. The molecule has 6 heteroatoms. The zero-order valence-electron chi connectivity index (χ0n) is 5.05. The van der Waals surface area contributed by atoms with Crippen LogP contribution in [0.1, 0.15) is 0 Å². The topological polar surface area (TPSA) is 54.4 Å². The van der Waals surface area contributed by atoms with Crippen molar-refractivity contribution in [1.29, 1.82) is 0 Å². The van der Waals surface area contributed by atoms with E-state index in [9.17, 15) is 9.59 Å².